The van der Waals surface area contributed by atoms with E-state index in [0.29, 0.717) is 23.4 Å². The first-order chi connectivity index (χ1) is 9.88. The molecule has 0 aromatic carbocycles. The molecule has 2 unspecified atom stereocenters. The highest BCUT2D eigenvalue weighted by Crippen LogP contribution is 2.25. The van der Waals surface area contributed by atoms with Gasteiger partial charge in [0.2, 0.25) is 0 Å². The summed E-state index contributed by atoms with van der Waals surface area (Å²) < 4.78 is 0. The van der Waals surface area contributed by atoms with Gasteiger partial charge in [0, 0.05) is 44.1 Å². The van der Waals surface area contributed by atoms with Gasteiger partial charge in [-0.05, 0) is 35.4 Å². The molecule has 2 rings (SSSR count). The molecule has 0 amide bonds. The summed E-state index contributed by atoms with van der Waals surface area (Å²) in [5, 5.41) is 3.77. The predicted octanol–water partition coefficient (Wildman–Crippen LogP) is 2.97. The van der Waals surface area contributed by atoms with Crippen LogP contribution in [0.1, 0.15) is 40.2 Å². The van der Waals surface area contributed by atoms with Gasteiger partial charge >= 0.3 is 0 Å². The molecule has 1 aliphatic rings. The zero-order valence-corrected chi connectivity index (χ0v) is 14.3. The molecule has 1 aromatic heterocycles. The Hall–Kier alpha value is -0.930. The minimum atomic E-state index is 0.316. The minimum Gasteiger partial charge on any atom is -0.311 e. The van der Waals surface area contributed by atoms with Gasteiger partial charge in [-0.2, -0.15) is 0 Å². The molecule has 0 radical (unpaired) electrons. The second-order valence-electron chi connectivity index (χ2n) is 7.74. The molecular formula is C18H31N3. The summed E-state index contributed by atoms with van der Waals surface area (Å²) in [6.45, 7) is 15.1. The third-order valence-corrected chi connectivity index (χ3v) is 4.71. The lowest BCUT2D eigenvalue weighted by molar-refractivity contribution is 0.0642. The lowest BCUT2D eigenvalue weighted by Crippen LogP contribution is -2.61. The van der Waals surface area contributed by atoms with Gasteiger partial charge in [0.15, 0.2) is 0 Å². The summed E-state index contributed by atoms with van der Waals surface area (Å²) in [7, 11) is 0. The monoisotopic (exact) mass is 289 g/mol. The Kier molecular flexibility index (Phi) is 5.39. The molecule has 1 N–H and O–H groups in total. The smallest absolute Gasteiger partial charge is 0.0270 e. The molecule has 1 aromatic rings. The number of aromatic nitrogens is 1. The molecule has 1 saturated heterocycles. The zero-order valence-electron chi connectivity index (χ0n) is 14.3. The number of nitrogens with one attached hydrogen (secondary N) is 1. The quantitative estimate of drug-likeness (QED) is 0.923. The van der Waals surface area contributed by atoms with Gasteiger partial charge < -0.3 is 5.32 Å². The van der Waals surface area contributed by atoms with Crippen molar-refractivity contribution in [2.24, 2.45) is 11.3 Å². The first kappa shape index (κ1) is 16.4. The Bertz CT molecular complexity index is 422. The summed E-state index contributed by atoms with van der Waals surface area (Å²) in [6.07, 6.45) is 4.90. The molecule has 3 nitrogen and oxygen atoms in total. The lowest BCUT2D eigenvalue weighted by atomic mass is 9.83. The second-order valence-corrected chi connectivity index (χ2v) is 7.74. The van der Waals surface area contributed by atoms with E-state index in [1.54, 1.807) is 0 Å². The van der Waals surface area contributed by atoms with Crippen molar-refractivity contribution in [2.75, 3.05) is 19.6 Å². The number of rotatable bonds is 4. The number of nitrogens with zero attached hydrogens (tertiary/aromatic N) is 2. The van der Waals surface area contributed by atoms with Crippen LogP contribution in [0.4, 0.5) is 0 Å². The molecule has 2 heterocycles. The van der Waals surface area contributed by atoms with Gasteiger partial charge in [-0.1, -0.05) is 34.6 Å². The largest absolute Gasteiger partial charge is 0.311 e. The maximum absolute atomic E-state index is 4.10. The number of piperazine rings is 1. The molecule has 0 saturated carbocycles. The van der Waals surface area contributed by atoms with Crippen LogP contribution < -0.4 is 5.32 Å². The third-order valence-electron chi connectivity index (χ3n) is 4.71. The van der Waals surface area contributed by atoms with E-state index in [9.17, 15) is 0 Å². The van der Waals surface area contributed by atoms with Crippen LogP contribution >= 0.6 is 0 Å². The van der Waals surface area contributed by atoms with Gasteiger partial charge in [0.25, 0.3) is 0 Å². The highest BCUT2D eigenvalue weighted by Gasteiger charge is 2.34. The Morgan fingerprint density at radius 2 is 1.95 bits per heavy atom. The van der Waals surface area contributed by atoms with Gasteiger partial charge in [0.05, 0.1) is 0 Å². The van der Waals surface area contributed by atoms with E-state index in [4.69, 9.17) is 0 Å². The van der Waals surface area contributed by atoms with Crippen LogP contribution in [0, 0.1) is 11.3 Å². The molecule has 2 atom stereocenters. The van der Waals surface area contributed by atoms with Crippen LogP contribution in [0.15, 0.2) is 24.5 Å². The van der Waals surface area contributed by atoms with Crippen molar-refractivity contribution >= 4 is 0 Å². The van der Waals surface area contributed by atoms with E-state index in [1.165, 1.54) is 5.56 Å². The van der Waals surface area contributed by atoms with Gasteiger partial charge in [-0.25, -0.2) is 0 Å². The Morgan fingerprint density at radius 3 is 2.52 bits per heavy atom. The van der Waals surface area contributed by atoms with Crippen LogP contribution in [0.3, 0.4) is 0 Å². The van der Waals surface area contributed by atoms with Crippen LogP contribution in [0.2, 0.25) is 0 Å². The maximum Gasteiger partial charge on any atom is 0.0270 e. The van der Waals surface area contributed by atoms with Crippen LogP contribution in [0.25, 0.3) is 0 Å². The van der Waals surface area contributed by atoms with E-state index in [-0.39, 0.29) is 0 Å². The fraction of sp³-hybridized carbons (Fsp3) is 0.722. The molecule has 3 heteroatoms. The van der Waals surface area contributed by atoms with E-state index in [0.717, 1.165) is 26.1 Å². The van der Waals surface area contributed by atoms with Crippen molar-refractivity contribution in [3.63, 3.8) is 0 Å². The first-order valence-electron chi connectivity index (χ1n) is 8.24. The molecule has 21 heavy (non-hydrogen) atoms. The van der Waals surface area contributed by atoms with Crippen molar-refractivity contribution in [3.05, 3.63) is 30.1 Å². The van der Waals surface area contributed by atoms with Crippen molar-refractivity contribution < 1.29 is 0 Å². The summed E-state index contributed by atoms with van der Waals surface area (Å²) in [4.78, 5) is 6.80. The average Bonchev–Trinajstić information content (AvgIpc) is 2.45. The predicted molar refractivity (Wildman–Crippen MR) is 89.4 cm³/mol. The molecule has 0 bridgehead atoms. The number of pyridine rings is 1. The molecule has 0 spiro atoms. The molecule has 0 aliphatic carbocycles. The average molecular weight is 289 g/mol. The lowest BCUT2D eigenvalue weighted by Gasteiger charge is -2.46. The fourth-order valence-corrected chi connectivity index (χ4v) is 3.14. The summed E-state index contributed by atoms with van der Waals surface area (Å²) >= 11 is 0. The van der Waals surface area contributed by atoms with Gasteiger partial charge in [0.1, 0.15) is 0 Å². The Balaban J connectivity index is 2.00. The van der Waals surface area contributed by atoms with Gasteiger partial charge in [-0.3, -0.25) is 9.88 Å². The normalized spacial score (nSPS) is 24.5. The Labute approximate surface area is 130 Å². The fourth-order valence-electron chi connectivity index (χ4n) is 3.14. The van der Waals surface area contributed by atoms with Crippen LogP contribution in [-0.4, -0.2) is 41.6 Å². The SMILES string of the molecule is CC(C)C1CNC(C(C)(C)C)CN1CCc1ccncc1. The maximum atomic E-state index is 4.10. The Morgan fingerprint density at radius 1 is 1.29 bits per heavy atom. The highest BCUT2D eigenvalue weighted by atomic mass is 15.2. The van der Waals surface area contributed by atoms with Crippen molar-refractivity contribution in [3.8, 4) is 0 Å². The van der Waals surface area contributed by atoms with Crippen molar-refractivity contribution in [2.45, 2.75) is 53.1 Å². The molecule has 1 fully saturated rings. The van der Waals surface area contributed by atoms with Crippen LogP contribution in [0.5, 0.6) is 0 Å². The first-order valence-corrected chi connectivity index (χ1v) is 8.24. The third kappa shape index (κ3) is 4.52. The van der Waals surface area contributed by atoms with E-state index in [1.807, 2.05) is 12.4 Å². The second kappa shape index (κ2) is 6.89. The summed E-state index contributed by atoms with van der Waals surface area (Å²) in [5.74, 6) is 0.691. The summed E-state index contributed by atoms with van der Waals surface area (Å²) in [6, 6.07) is 5.48. The van der Waals surface area contributed by atoms with E-state index >= 15 is 0 Å². The van der Waals surface area contributed by atoms with E-state index < -0.39 is 0 Å². The zero-order chi connectivity index (χ0) is 15.5. The molecule has 118 valence electrons. The molecule has 1 aliphatic heterocycles. The number of hydrogen-bond acceptors (Lipinski definition) is 3. The number of hydrogen-bond donors (Lipinski definition) is 1. The highest BCUT2D eigenvalue weighted by molar-refractivity contribution is 5.10. The van der Waals surface area contributed by atoms with Crippen LogP contribution in [-0.2, 0) is 6.42 Å². The topological polar surface area (TPSA) is 28.2 Å². The van der Waals surface area contributed by atoms with Crippen molar-refractivity contribution in [1.29, 1.82) is 0 Å². The standard InChI is InChI=1S/C18H31N3/c1-14(2)16-12-20-17(18(3,4)5)13-21(16)11-8-15-6-9-19-10-7-15/h6-7,9-10,14,16-17,20H,8,11-13H2,1-5H3. The van der Waals surface area contributed by atoms with Crippen molar-refractivity contribution in [1.82, 2.24) is 15.2 Å². The minimum absolute atomic E-state index is 0.316. The summed E-state index contributed by atoms with van der Waals surface area (Å²) in [5.41, 5.74) is 1.70. The van der Waals surface area contributed by atoms with E-state index in [2.05, 4.69) is 62.0 Å². The van der Waals surface area contributed by atoms with Gasteiger partial charge in [-0.15, -0.1) is 0 Å². The molecular weight excluding hydrogens is 258 g/mol.